The third-order valence-corrected chi connectivity index (χ3v) is 3.45. The number of anilines is 1. The lowest BCUT2D eigenvalue weighted by molar-refractivity contribution is -0.118. The summed E-state index contributed by atoms with van der Waals surface area (Å²) >= 11 is 0. The molecule has 0 bridgehead atoms. The van der Waals surface area contributed by atoms with Crippen LogP contribution in [0.4, 0.5) is 5.69 Å². The SMILES string of the molecule is CCOc1ccccc1OCC(=O)Nc1c(C)cc(C)cc1C. The summed E-state index contributed by atoms with van der Waals surface area (Å²) in [6, 6.07) is 11.4. The minimum absolute atomic E-state index is 0.0587. The molecule has 0 unspecified atom stereocenters. The maximum absolute atomic E-state index is 12.2. The molecule has 23 heavy (non-hydrogen) atoms. The molecule has 0 fully saturated rings. The largest absolute Gasteiger partial charge is 0.490 e. The maximum atomic E-state index is 12.2. The summed E-state index contributed by atoms with van der Waals surface area (Å²) in [5.74, 6) is 1.03. The molecular weight excluding hydrogens is 290 g/mol. The molecule has 0 aromatic heterocycles. The zero-order valence-electron chi connectivity index (χ0n) is 14.1. The van der Waals surface area contributed by atoms with Gasteiger partial charge in [0.2, 0.25) is 0 Å². The Kier molecular flexibility index (Phi) is 5.63. The molecule has 2 aromatic rings. The van der Waals surface area contributed by atoms with E-state index in [1.54, 1.807) is 6.07 Å². The van der Waals surface area contributed by atoms with Crippen molar-refractivity contribution in [2.45, 2.75) is 27.7 Å². The summed E-state index contributed by atoms with van der Waals surface area (Å²) < 4.78 is 11.1. The molecule has 1 amide bonds. The van der Waals surface area contributed by atoms with Gasteiger partial charge in [-0.3, -0.25) is 4.79 Å². The molecule has 2 aromatic carbocycles. The fraction of sp³-hybridized carbons (Fsp3) is 0.316. The third-order valence-electron chi connectivity index (χ3n) is 3.45. The lowest BCUT2D eigenvalue weighted by Crippen LogP contribution is -2.21. The van der Waals surface area contributed by atoms with Crippen molar-refractivity contribution < 1.29 is 14.3 Å². The van der Waals surface area contributed by atoms with Crippen LogP contribution in [0.1, 0.15) is 23.6 Å². The van der Waals surface area contributed by atoms with Crippen molar-refractivity contribution in [3.8, 4) is 11.5 Å². The van der Waals surface area contributed by atoms with Crippen LogP contribution in [-0.4, -0.2) is 19.1 Å². The van der Waals surface area contributed by atoms with Crippen LogP contribution in [0.25, 0.3) is 0 Å². The van der Waals surface area contributed by atoms with Crippen molar-refractivity contribution >= 4 is 11.6 Å². The molecule has 0 heterocycles. The van der Waals surface area contributed by atoms with Crippen LogP contribution in [0.5, 0.6) is 11.5 Å². The van der Waals surface area contributed by atoms with Crippen LogP contribution in [0.2, 0.25) is 0 Å². The fourth-order valence-electron chi connectivity index (χ4n) is 2.54. The Morgan fingerprint density at radius 3 is 2.13 bits per heavy atom. The molecule has 0 atom stereocenters. The second kappa shape index (κ2) is 7.68. The molecule has 4 nitrogen and oxygen atoms in total. The molecule has 0 radical (unpaired) electrons. The minimum Gasteiger partial charge on any atom is -0.490 e. The molecule has 1 N–H and O–H groups in total. The van der Waals surface area contributed by atoms with Gasteiger partial charge < -0.3 is 14.8 Å². The summed E-state index contributed by atoms with van der Waals surface area (Å²) in [6.07, 6.45) is 0. The van der Waals surface area contributed by atoms with Gasteiger partial charge in [-0.05, 0) is 51.0 Å². The van der Waals surface area contributed by atoms with E-state index in [0.29, 0.717) is 18.1 Å². The Bertz CT molecular complexity index is 672. The van der Waals surface area contributed by atoms with Crippen LogP contribution in [0.3, 0.4) is 0 Å². The first-order valence-electron chi connectivity index (χ1n) is 7.73. The van der Waals surface area contributed by atoms with E-state index in [2.05, 4.69) is 5.32 Å². The van der Waals surface area contributed by atoms with Crippen molar-refractivity contribution in [3.63, 3.8) is 0 Å². The van der Waals surface area contributed by atoms with E-state index in [4.69, 9.17) is 9.47 Å². The van der Waals surface area contributed by atoms with Crippen molar-refractivity contribution in [1.82, 2.24) is 0 Å². The first-order valence-corrected chi connectivity index (χ1v) is 7.73. The van der Waals surface area contributed by atoms with Gasteiger partial charge >= 0.3 is 0 Å². The lowest BCUT2D eigenvalue weighted by Gasteiger charge is -2.14. The monoisotopic (exact) mass is 313 g/mol. The van der Waals surface area contributed by atoms with Gasteiger partial charge in [0.05, 0.1) is 6.61 Å². The van der Waals surface area contributed by atoms with Crippen LogP contribution < -0.4 is 14.8 Å². The second-order valence-corrected chi connectivity index (χ2v) is 5.49. The van der Waals surface area contributed by atoms with Gasteiger partial charge in [0.1, 0.15) is 0 Å². The number of hydrogen-bond donors (Lipinski definition) is 1. The normalized spacial score (nSPS) is 10.3. The van der Waals surface area contributed by atoms with Crippen LogP contribution in [0, 0.1) is 20.8 Å². The quantitative estimate of drug-likeness (QED) is 0.876. The molecule has 0 aliphatic heterocycles. The number of aryl methyl sites for hydroxylation is 3. The van der Waals surface area contributed by atoms with Crippen molar-refractivity contribution in [2.24, 2.45) is 0 Å². The Morgan fingerprint density at radius 1 is 1.00 bits per heavy atom. The van der Waals surface area contributed by atoms with Gasteiger partial charge in [-0.15, -0.1) is 0 Å². The molecule has 122 valence electrons. The average Bonchev–Trinajstić information content (AvgIpc) is 2.50. The molecule has 4 heteroatoms. The zero-order chi connectivity index (χ0) is 16.8. The number of carbonyl (C=O) groups excluding carboxylic acids is 1. The van der Waals surface area contributed by atoms with Gasteiger partial charge in [-0.25, -0.2) is 0 Å². The molecule has 0 spiro atoms. The highest BCUT2D eigenvalue weighted by Crippen LogP contribution is 2.26. The summed E-state index contributed by atoms with van der Waals surface area (Å²) in [7, 11) is 0. The van der Waals surface area contributed by atoms with Gasteiger partial charge in [0, 0.05) is 5.69 Å². The van der Waals surface area contributed by atoms with Crippen LogP contribution >= 0.6 is 0 Å². The van der Waals surface area contributed by atoms with E-state index in [1.165, 1.54) is 5.56 Å². The number of ether oxygens (including phenoxy) is 2. The van der Waals surface area contributed by atoms with E-state index < -0.39 is 0 Å². The Hall–Kier alpha value is -2.49. The smallest absolute Gasteiger partial charge is 0.262 e. The van der Waals surface area contributed by atoms with E-state index in [0.717, 1.165) is 16.8 Å². The molecule has 2 rings (SSSR count). The van der Waals surface area contributed by atoms with Gasteiger partial charge in [-0.2, -0.15) is 0 Å². The number of benzene rings is 2. The minimum atomic E-state index is -0.189. The number of para-hydroxylation sites is 2. The fourth-order valence-corrected chi connectivity index (χ4v) is 2.54. The highest BCUT2D eigenvalue weighted by atomic mass is 16.5. The molecule has 0 saturated carbocycles. The predicted molar refractivity (Wildman–Crippen MR) is 92.4 cm³/mol. The highest BCUT2D eigenvalue weighted by molar-refractivity contribution is 5.93. The van der Waals surface area contributed by atoms with Gasteiger partial charge in [-0.1, -0.05) is 29.8 Å². The summed E-state index contributed by atoms with van der Waals surface area (Å²) in [4.78, 5) is 12.2. The Morgan fingerprint density at radius 2 is 1.57 bits per heavy atom. The molecule has 0 aliphatic carbocycles. The summed E-state index contributed by atoms with van der Waals surface area (Å²) in [5, 5.41) is 2.92. The molecular formula is C19H23NO3. The van der Waals surface area contributed by atoms with E-state index >= 15 is 0 Å². The van der Waals surface area contributed by atoms with Gasteiger partial charge in [0.15, 0.2) is 18.1 Å². The second-order valence-electron chi connectivity index (χ2n) is 5.49. The summed E-state index contributed by atoms with van der Waals surface area (Å²) in [6.45, 7) is 8.42. The Balaban J connectivity index is 2.01. The van der Waals surface area contributed by atoms with Crippen molar-refractivity contribution in [2.75, 3.05) is 18.5 Å². The first kappa shape index (κ1) is 16.9. The van der Waals surface area contributed by atoms with Crippen LogP contribution in [-0.2, 0) is 4.79 Å². The highest BCUT2D eigenvalue weighted by Gasteiger charge is 2.10. The average molecular weight is 313 g/mol. The van der Waals surface area contributed by atoms with Crippen LogP contribution in [0.15, 0.2) is 36.4 Å². The molecule has 0 saturated heterocycles. The zero-order valence-corrected chi connectivity index (χ0v) is 14.1. The van der Waals surface area contributed by atoms with Gasteiger partial charge in [0.25, 0.3) is 5.91 Å². The Labute approximate surface area is 137 Å². The van der Waals surface area contributed by atoms with E-state index in [-0.39, 0.29) is 12.5 Å². The lowest BCUT2D eigenvalue weighted by atomic mass is 10.1. The predicted octanol–water partition coefficient (Wildman–Crippen LogP) is 4.03. The van der Waals surface area contributed by atoms with Crippen molar-refractivity contribution in [3.05, 3.63) is 53.1 Å². The molecule has 0 aliphatic rings. The number of nitrogens with one attached hydrogen (secondary N) is 1. The summed E-state index contributed by atoms with van der Waals surface area (Å²) in [5.41, 5.74) is 4.12. The standard InChI is InChI=1S/C19H23NO3/c1-5-22-16-8-6-7-9-17(16)23-12-18(21)20-19-14(3)10-13(2)11-15(19)4/h6-11H,5,12H2,1-4H3,(H,20,21). The van der Waals surface area contributed by atoms with E-state index in [9.17, 15) is 4.79 Å². The van der Waals surface area contributed by atoms with Crippen molar-refractivity contribution in [1.29, 1.82) is 0 Å². The third kappa shape index (κ3) is 4.49. The number of hydrogen-bond acceptors (Lipinski definition) is 3. The maximum Gasteiger partial charge on any atom is 0.262 e. The first-order chi connectivity index (χ1) is 11.0. The topological polar surface area (TPSA) is 47.6 Å². The number of amides is 1. The van der Waals surface area contributed by atoms with E-state index in [1.807, 2.05) is 58.0 Å². The number of rotatable bonds is 6. The number of carbonyl (C=O) groups is 1.